The van der Waals surface area contributed by atoms with Gasteiger partial charge in [-0.1, -0.05) is 31.3 Å². The zero-order valence-electron chi connectivity index (χ0n) is 18.4. The average molecular weight is 536 g/mol. The Bertz CT molecular complexity index is 1190. The lowest BCUT2D eigenvalue weighted by Crippen LogP contribution is -2.14. The van der Waals surface area contributed by atoms with Crippen molar-refractivity contribution in [1.29, 1.82) is 0 Å². The zero-order chi connectivity index (χ0) is 23.8. The number of hydrogen-bond donors (Lipinski definition) is 2. The number of carbonyl (C=O) groups is 1. The molecule has 10 heteroatoms. The number of sulfonamides is 1. The van der Waals surface area contributed by atoms with Crippen LogP contribution in [-0.2, 0) is 10.0 Å². The number of aromatic nitrogens is 1. The molecular weight excluding hydrogens is 510 g/mol. The van der Waals surface area contributed by atoms with Gasteiger partial charge in [0.25, 0.3) is 15.9 Å². The molecule has 2 aromatic carbocycles. The molecule has 0 bridgehead atoms. The molecule has 0 saturated carbocycles. The minimum Gasteiger partial charge on any atom is -0.492 e. The molecule has 0 spiro atoms. The predicted octanol–water partition coefficient (Wildman–Crippen LogP) is 5.76. The number of anilines is 2. The summed E-state index contributed by atoms with van der Waals surface area (Å²) < 4.78 is 38.6. The van der Waals surface area contributed by atoms with Crippen LogP contribution in [0.5, 0.6) is 5.75 Å². The van der Waals surface area contributed by atoms with Gasteiger partial charge >= 0.3 is 0 Å². The molecule has 0 aliphatic rings. The van der Waals surface area contributed by atoms with Crippen molar-refractivity contribution in [2.45, 2.75) is 44.4 Å². The predicted molar refractivity (Wildman–Crippen MR) is 130 cm³/mol. The van der Waals surface area contributed by atoms with E-state index in [2.05, 4.69) is 38.0 Å². The molecule has 0 saturated heterocycles. The Labute approximate surface area is 201 Å². The molecule has 8 nitrogen and oxygen atoms in total. The molecule has 1 amide bonds. The van der Waals surface area contributed by atoms with Crippen molar-refractivity contribution >= 4 is 43.4 Å². The third-order valence-electron chi connectivity index (χ3n) is 4.74. The van der Waals surface area contributed by atoms with E-state index in [0.29, 0.717) is 33.8 Å². The molecule has 0 radical (unpaired) electrons. The van der Waals surface area contributed by atoms with Gasteiger partial charge in [-0.15, -0.1) is 0 Å². The second-order valence-electron chi connectivity index (χ2n) is 7.46. The molecular formula is C23H26BrN3O5S. The third kappa shape index (κ3) is 7.06. The second kappa shape index (κ2) is 11.3. The SMILES string of the molecule is CCCCCCOc1ccc(C(=O)Nc2ccc(S(=O)(=O)Nc3cc(C)on3)cc2)cc1Br. The van der Waals surface area contributed by atoms with E-state index in [1.54, 1.807) is 25.1 Å². The molecule has 33 heavy (non-hydrogen) atoms. The quantitative estimate of drug-likeness (QED) is 0.302. The van der Waals surface area contributed by atoms with E-state index in [-0.39, 0.29) is 16.6 Å². The first kappa shape index (κ1) is 24.8. The van der Waals surface area contributed by atoms with Crippen LogP contribution in [0.3, 0.4) is 0 Å². The number of nitrogens with zero attached hydrogens (tertiary/aromatic N) is 1. The summed E-state index contributed by atoms with van der Waals surface area (Å²) in [5.74, 6) is 0.956. The summed E-state index contributed by atoms with van der Waals surface area (Å²) in [7, 11) is -3.83. The van der Waals surface area contributed by atoms with Gasteiger partial charge in [0.05, 0.1) is 16.0 Å². The summed E-state index contributed by atoms with van der Waals surface area (Å²) in [6, 6.07) is 12.4. The van der Waals surface area contributed by atoms with Gasteiger partial charge in [0.1, 0.15) is 11.5 Å². The number of nitrogens with one attached hydrogen (secondary N) is 2. The Hall–Kier alpha value is -2.85. The van der Waals surface area contributed by atoms with Crippen LogP contribution in [0.1, 0.15) is 48.7 Å². The molecule has 3 aromatic rings. The maximum Gasteiger partial charge on any atom is 0.263 e. The highest BCUT2D eigenvalue weighted by Gasteiger charge is 2.17. The van der Waals surface area contributed by atoms with Gasteiger partial charge in [-0.25, -0.2) is 8.42 Å². The summed E-state index contributed by atoms with van der Waals surface area (Å²) in [6.07, 6.45) is 4.48. The molecule has 3 rings (SSSR count). The summed E-state index contributed by atoms with van der Waals surface area (Å²) in [5.41, 5.74) is 0.906. The Balaban J connectivity index is 1.59. The van der Waals surface area contributed by atoms with Crippen LogP contribution in [-0.4, -0.2) is 26.1 Å². The first-order chi connectivity index (χ1) is 15.8. The monoisotopic (exact) mass is 535 g/mol. The third-order valence-corrected chi connectivity index (χ3v) is 6.73. The van der Waals surface area contributed by atoms with Gasteiger partial charge in [-0.05, 0) is 71.7 Å². The van der Waals surface area contributed by atoms with Crippen LogP contribution >= 0.6 is 15.9 Å². The van der Waals surface area contributed by atoms with Gasteiger partial charge in [0.15, 0.2) is 5.82 Å². The number of aryl methyl sites for hydroxylation is 1. The van der Waals surface area contributed by atoms with Crippen LogP contribution in [0, 0.1) is 6.92 Å². The van der Waals surface area contributed by atoms with E-state index in [1.165, 1.54) is 43.2 Å². The molecule has 0 aliphatic heterocycles. The molecule has 1 heterocycles. The van der Waals surface area contributed by atoms with Crippen LogP contribution in [0.25, 0.3) is 0 Å². The Morgan fingerprint density at radius 1 is 1.09 bits per heavy atom. The average Bonchev–Trinajstić information content (AvgIpc) is 3.18. The highest BCUT2D eigenvalue weighted by Crippen LogP contribution is 2.27. The number of rotatable bonds is 11. The van der Waals surface area contributed by atoms with Gasteiger partial charge < -0.3 is 14.6 Å². The first-order valence-corrected chi connectivity index (χ1v) is 12.9. The molecule has 1 aromatic heterocycles. The maximum absolute atomic E-state index is 12.6. The highest BCUT2D eigenvalue weighted by molar-refractivity contribution is 9.10. The lowest BCUT2D eigenvalue weighted by atomic mass is 10.2. The summed E-state index contributed by atoms with van der Waals surface area (Å²) in [6.45, 7) is 4.45. The maximum atomic E-state index is 12.6. The number of unbranched alkanes of at least 4 members (excludes halogenated alkanes) is 3. The van der Waals surface area contributed by atoms with Crippen LogP contribution in [0.4, 0.5) is 11.5 Å². The zero-order valence-corrected chi connectivity index (χ0v) is 20.8. The summed E-state index contributed by atoms with van der Waals surface area (Å²) in [4.78, 5) is 12.6. The van der Waals surface area contributed by atoms with Crippen molar-refractivity contribution in [3.8, 4) is 5.75 Å². The molecule has 0 fully saturated rings. The fourth-order valence-electron chi connectivity index (χ4n) is 3.00. The van der Waals surface area contributed by atoms with Gasteiger partial charge in [-0.2, -0.15) is 0 Å². The largest absolute Gasteiger partial charge is 0.492 e. The molecule has 0 unspecified atom stereocenters. The van der Waals surface area contributed by atoms with Gasteiger partial charge in [0, 0.05) is 17.3 Å². The van der Waals surface area contributed by atoms with Crippen molar-refractivity contribution in [2.24, 2.45) is 0 Å². The highest BCUT2D eigenvalue weighted by atomic mass is 79.9. The van der Waals surface area contributed by atoms with Crippen LogP contribution < -0.4 is 14.8 Å². The Morgan fingerprint density at radius 2 is 1.85 bits per heavy atom. The fraction of sp³-hybridized carbons (Fsp3) is 0.304. The molecule has 176 valence electrons. The van der Waals surface area contributed by atoms with E-state index in [0.717, 1.165) is 12.8 Å². The number of halogens is 1. The standard InChI is InChI=1S/C23H26BrN3O5S/c1-3-4-5-6-13-31-21-12-7-17(15-20(21)24)23(28)25-18-8-10-19(11-9-18)33(29,30)27-22-14-16(2)32-26-22/h7-12,14-15H,3-6,13H2,1-2H3,(H,25,28)(H,26,27). The normalized spacial score (nSPS) is 11.2. The van der Waals surface area contributed by atoms with E-state index in [9.17, 15) is 13.2 Å². The van der Waals surface area contributed by atoms with Crippen molar-refractivity contribution < 1.29 is 22.5 Å². The first-order valence-electron chi connectivity index (χ1n) is 10.6. The van der Waals surface area contributed by atoms with Crippen LogP contribution in [0.2, 0.25) is 0 Å². The smallest absolute Gasteiger partial charge is 0.263 e. The van der Waals surface area contributed by atoms with Gasteiger partial charge in [-0.3, -0.25) is 9.52 Å². The lowest BCUT2D eigenvalue weighted by Gasteiger charge is -2.11. The van der Waals surface area contributed by atoms with Crippen molar-refractivity contribution in [2.75, 3.05) is 16.6 Å². The number of ether oxygens (including phenoxy) is 1. The molecule has 2 N–H and O–H groups in total. The van der Waals surface area contributed by atoms with E-state index in [4.69, 9.17) is 9.26 Å². The fourth-order valence-corrected chi connectivity index (χ4v) is 4.48. The van der Waals surface area contributed by atoms with Crippen molar-refractivity contribution in [3.63, 3.8) is 0 Å². The Kier molecular flexibility index (Phi) is 8.51. The number of carbonyl (C=O) groups excluding carboxylic acids is 1. The number of benzene rings is 2. The number of hydrogen-bond acceptors (Lipinski definition) is 6. The number of amides is 1. The summed E-state index contributed by atoms with van der Waals surface area (Å²) in [5, 5.41) is 6.38. The Morgan fingerprint density at radius 3 is 2.48 bits per heavy atom. The lowest BCUT2D eigenvalue weighted by molar-refractivity contribution is 0.102. The topological polar surface area (TPSA) is 111 Å². The van der Waals surface area contributed by atoms with E-state index >= 15 is 0 Å². The van der Waals surface area contributed by atoms with Gasteiger partial charge in [0.2, 0.25) is 0 Å². The minimum absolute atomic E-state index is 0.0318. The van der Waals surface area contributed by atoms with E-state index in [1.807, 2.05) is 0 Å². The molecule has 0 atom stereocenters. The van der Waals surface area contributed by atoms with E-state index < -0.39 is 10.0 Å². The molecule has 0 aliphatic carbocycles. The summed E-state index contributed by atoms with van der Waals surface area (Å²) >= 11 is 3.45. The van der Waals surface area contributed by atoms with Crippen molar-refractivity contribution in [1.82, 2.24) is 5.16 Å². The van der Waals surface area contributed by atoms with Crippen LogP contribution in [0.15, 0.2) is 62.4 Å². The van der Waals surface area contributed by atoms with Crippen molar-refractivity contribution in [3.05, 3.63) is 64.3 Å². The minimum atomic E-state index is -3.83. The second-order valence-corrected chi connectivity index (χ2v) is 10.00.